The van der Waals surface area contributed by atoms with Gasteiger partial charge in [0.05, 0.1) is 17.8 Å². The highest BCUT2D eigenvalue weighted by Gasteiger charge is 2.36. The van der Waals surface area contributed by atoms with Gasteiger partial charge in [-0.3, -0.25) is 0 Å². The van der Waals surface area contributed by atoms with Crippen molar-refractivity contribution in [2.24, 2.45) is 0 Å². The van der Waals surface area contributed by atoms with Crippen molar-refractivity contribution in [3.63, 3.8) is 0 Å². The third kappa shape index (κ3) is 3.80. The lowest BCUT2D eigenvalue weighted by Gasteiger charge is -2.39. The molecule has 1 heterocycles. The summed E-state index contributed by atoms with van der Waals surface area (Å²) in [6.07, 6.45) is 2.46. The van der Waals surface area contributed by atoms with Crippen LogP contribution in [0.15, 0.2) is 24.3 Å². The minimum absolute atomic E-state index is 0.142. The van der Waals surface area contributed by atoms with E-state index in [0.29, 0.717) is 5.92 Å². The number of aliphatic hydroxyl groups is 1. The third-order valence-corrected chi connectivity index (χ3v) is 3.98. The lowest BCUT2D eigenvalue weighted by atomic mass is 9.82. The lowest BCUT2D eigenvalue weighted by molar-refractivity contribution is -0.130. The molecule has 0 saturated carbocycles. The Kier molecular flexibility index (Phi) is 4.32. The molecule has 0 spiro atoms. The van der Waals surface area contributed by atoms with Gasteiger partial charge in [0.1, 0.15) is 0 Å². The Morgan fingerprint density at radius 3 is 2.16 bits per heavy atom. The summed E-state index contributed by atoms with van der Waals surface area (Å²) in [6.45, 7) is 8.49. The summed E-state index contributed by atoms with van der Waals surface area (Å²) in [6, 6.07) is 8.65. The van der Waals surface area contributed by atoms with Crippen LogP contribution in [0.4, 0.5) is 0 Å². The van der Waals surface area contributed by atoms with Crippen molar-refractivity contribution in [3.05, 3.63) is 35.4 Å². The van der Waals surface area contributed by atoms with E-state index in [1.165, 1.54) is 11.1 Å². The van der Waals surface area contributed by atoms with Crippen molar-refractivity contribution in [1.82, 2.24) is 0 Å². The third-order valence-electron chi connectivity index (χ3n) is 3.98. The molecule has 19 heavy (non-hydrogen) atoms. The fraction of sp³-hybridized carbons (Fsp3) is 0.647. The molecule has 1 aliphatic heterocycles. The second-order valence-corrected chi connectivity index (χ2v) is 6.46. The minimum atomic E-state index is -0.615. The number of hydrogen-bond acceptors (Lipinski definition) is 2. The maximum atomic E-state index is 10.8. The van der Waals surface area contributed by atoms with Crippen LogP contribution < -0.4 is 0 Å². The lowest BCUT2D eigenvalue weighted by Crippen LogP contribution is -2.44. The highest BCUT2D eigenvalue weighted by Crippen LogP contribution is 2.32. The van der Waals surface area contributed by atoms with E-state index < -0.39 is 5.60 Å². The van der Waals surface area contributed by atoms with Gasteiger partial charge in [-0.1, -0.05) is 38.1 Å². The number of benzene rings is 1. The fourth-order valence-corrected chi connectivity index (χ4v) is 3.19. The quantitative estimate of drug-likeness (QED) is 0.900. The summed E-state index contributed by atoms with van der Waals surface area (Å²) in [5, 5.41) is 10.8. The molecule has 106 valence electrons. The van der Waals surface area contributed by atoms with Gasteiger partial charge in [0.2, 0.25) is 0 Å². The molecule has 2 unspecified atom stereocenters. The summed E-state index contributed by atoms with van der Waals surface area (Å²) in [4.78, 5) is 0. The molecular formula is C17H26O2. The second kappa shape index (κ2) is 5.64. The van der Waals surface area contributed by atoms with Crippen LogP contribution in [0.1, 0.15) is 57.6 Å². The van der Waals surface area contributed by atoms with Gasteiger partial charge in [-0.2, -0.15) is 0 Å². The minimum Gasteiger partial charge on any atom is -0.389 e. The van der Waals surface area contributed by atoms with Crippen molar-refractivity contribution < 1.29 is 9.84 Å². The van der Waals surface area contributed by atoms with Crippen LogP contribution in [0.3, 0.4) is 0 Å². The topological polar surface area (TPSA) is 29.5 Å². The summed E-state index contributed by atoms with van der Waals surface area (Å²) in [7, 11) is 0. The van der Waals surface area contributed by atoms with Crippen LogP contribution in [-0.4, -0.2) is 22.9 Å². The second-order valence-electron chi connectivity index (χ2n) is 6.46. The summed E-state index contributed by atoms with van der Waals surface area (Å²) in [5.41, 5.74) is 1.95. The molecule has 1 fully saturated rings. The Balaban J connectivity index is 2.07. The number of rotatable bonds is 3. The smallest absolute Gasteiger partial charge is 0.0737 e. The molecule has 0 aromatic heterocycles. The summed E-state index contributed by atoms with van der Waals surface area (Å²) < 4.78 is 5.71. The molecule has 1 aromatic carbocycles. The molecule has 1 saturated heterocycles. The molecule has 1 N–H and O–H groups in total. The Labute approximate surface area is 116 Å². The molecule has 0 amide bonds. The van der Waals surface area contributed by atoms with Crippen LogP contribution in [0.5, 0.6) is 0 Å². The van der Waals surface area contributed by atoms with Gasteiger partial charge in [-0.25, -0.2) is 0 Å². The van der Waals surface area contributed by atoms with Crippen LogP contribution in [0.2, 0.25) is 0 Å². The molecular weight excluding hydrogens is 236 g/mol. The van der Waals surface area contributed by atoms with Crippen molar-refractivity contribution in [2.75, 3.05) is 0 Å². The van der Waals surface area contributed by atoms with E-state index in [-0.39, 0.29) is 12.2 Å². The van der Waals surface area contributed by atoms with Gasteiger partial charge < -0.3 is 9.84 Å². The van der Waals surface area contributed by atoms with E-state index in [4.69, 9.17) is 4.74 Å². The van der Waals surface area contributed by atoms with Gasteiger partial charge in [-0.15, -0.1) is 0 Å². The molecule has 1 aliphatic rings. The first-order valence-electron chi connectivity index (χ1n) is 7.35. The van der Waals surface area contributed by atoms with E-state index in [1.54, 1.807) is 0 Å². The normalized spacial score (nSPS) is 31.7. The van der Waals surface area contributed by atoms with E-state index in [2.05, 4.69) is 38.1 Å². The van der Waals surface area contributed by atoms with Crippen LogP contribution in [-0.2, 0) is 11.2 Å². The Morgan fingerprint density at radius 1 is 1.16 bits per heavy atom. The summed E-state index contributed by atoms with van der Waals surface area (Å²) >= 11 is 0. The zero-order valence-corrected chi connectivity index (χ0v) is 12.5. The summed E-state index contributed by atoms with van der Waals surface area (Å²) in [5.74, 6) is 0.556. The van der Waals surface area contributed by atoms with Gasteiger partial charge in [0, 0.05) is 19.3 Å². The maximum Gasteiger partial charge on any atom is 0.0737 e. The van der Waals surface area contributed by atoms with Crippen molar-refractivity contribution in [2.45, 2.75) is 70.7 Å². The van der Waals surface area contributed by atoms with Crippen molar-refractivity contribution >= 4 is 0 Å². The zero-order valence-electron chi connectivity index (χ0n) is 12.5. The number of ether oxygens (including phenoxy) is 1. The van der Waals surface area contributed by atoms with Crippen LogP contribution in [0, 0.1) is 0 Å². The highest BCUT2D eigenvalue weighted by atomic mass is 16.5. The molecule has 0 aliphatic carbocycles. The predicted octanol–water partition coefficient (Wildman–Crippen LogP) is 3.67. The standard InChI is InChI=1S/C17H26O2/c1-12(2)16-7-5-15(6-8-16)11-17(18)9-13(3)19-14(4)10-17/h5-8,12-14,18H,9-11H2,1-4H3. The van der Waals surface area contributed by atoms with E-state index >= 15 is 0 Å². The first-order chi connectivity index (χ1) is 8.88. The molecule has 2 heteroatoms. The van der Waals surface area contributed by atoms with Crippen LogP contribution in [0.25, 0.3) is 0 Å². The molecule has 0 bridgehead atoms. The average Bonchev–Trinajstić information content (AvgIpc) is 2.26. The Bertz CT molecular complexity index is 398. The zero-order chi connectivity index (χ0) is 14.0. The number of hydrogen-bond donors (Lipinski definition) is 1. The first kappa shape index (κ1) is 14.5. The molecule has 2 atom stereocenters. The van der Waals surface area contributed by atoms with Gasteiger partial charge in [-0.05, 0) is 30.9 Å². The van der Waals surface area contributed by atoms with Gasteiger partial charge in [0.15, 0.2) is 0 Å². The van der Waals surface area contributed by atoms with E-state index in [0.717, 1.165) is 19.3 Å². The average molecular weight is 262 g/mol. The van der Waals surface area contributed by atoms with E-state index in [9.17, 15) is 5.11 Å². The predicted molar refractivity (Wildman–Crippen MR) is 78.4 cm³/mol. The largest absolute Gasteiger partial charge is 0.389 e. The Hall–Kier alpha value is -0.860. The van der Waals surface area contributed by atoms with E-state index in [1.807, 2.05) is 13.8 Å². The monoisotopic (exact) mass is 262 g/mol. The molecule has 2 nitrogen and oxygen atoms in total. The maximum absolute atomic E-state index is 10.8. The molecule has 1 aromatic rings. The SMILES string of the molecule is CC1CC(O)(Cc2ccc(C(C)C)cc2)CC(C)O1. The molecule has 0 radical (unpaired) electrons. The van der Waals surface area contributed by atoms with Crippen molar-refractivity contribution in [3.8, 4) is 0 Å². The van der Waals surface area contributed by atoms with Gasteiger partial charge in [0.25, 0.3) is 0 Å². The fourth-order valence-electron chi connectivity index (χ4n) is 3.19. The first-order valence-corrected chi connectivity index (χ1v) is 7.35. The molecule has 2 rings (SSSR count). The van der Waals surface area contributed by atoms with Crippen LogP contribution >= 0.6 is 0 Å². The Morgan fingerprint density at radius 2 is 1.68 bits per heavy atom. The highest BCUT2D eigenvalue weighted by molar-refractivity contribution is 5.26. The van der Waals surface area contributed by atoms with Gasteiger partial charge >= 0.3 is 0 Å². The van der Waals surface area contributed by atoms with Crippen molar-refractivity contribution in [1.29, 1.82) is 0 Å².